The number of nitrogen functional groups attached to an aromatic ring is 1. The number of hydrogen-bond acceptors (Lipinski definition) is 4. The van der Waals surface area contributed by atoms with Crippen LogP contribution in [0.5, 0.6) is 0 Å². The molecule has 0 unspecified atom stereocenters. The van der Waals surface area contributed by atoms with Crippen molar-refractivity contribution in [3.8, 4) is 0 Å². The van der Waals surface area contributed by atoms with Gasteiger partial charge in [0.1, 0.15) is 10.7 Å². The topological polar surface area (TPSA) is 83.6 Å². The van der Waals surface area contributed by atoms with Crippen molar-refractivity contribution in [2.24, 2.45) is 0 Å². The van der Waals surface area contributed by atoms with E-state index in [0.29, 0.717) is 12.8 Å². The quantitative estimate of drug-likeness (QED) is 0.749. The van der Waals surface area contributed by atoms with Crippen molar-refractivity contribution >= 4 is 15.7 Å². The lowest BCUT2D eigenvalue weighted by Crippen LogP contribution is -2.41. The smallest absolute Gasteiger partial charge is 0.245 e. The molecule has 0 saturated carbocycles. The van der Waals surface area contributed by atoms with Crippen LogP contribution in [0.25, 0.3) is 0 Å². The summed E-state index contributed by atoms with van der Waals surface area (Å²) in [4.78, 5) is -0.126. The molecule has 1 aromatic rings. The van der Waals surface area contributed by atoms with E-state index in [4.69, 9.17) is 10.8 Å². The molecule has 0 radical (unpaired) electrons. The van der Waals surface area contributed by atoms with Crippen LogP contribution in [0.3, 0.4) is 0 Å². The van der Waals surface area contributed by atoms with Gasteiger partial charge in [-0.1, -0.05) is 13.8 Å². The molecule has 0 bridgehead atoms. The average molecular weight is 304 g/mol. The third-order valence-electron chi connectivity index (χ3n) is 3.23. The van der Waals surface area contributed by atoms with Crippen LogP contribution in [0.2, 0.25) is 0 Å². The minimum absolute atomic E-state index is 0.00844. The molecular weight excluding hydrogens is 283 g/mol. The molecule has 1 aromatic carbocycles. The van der Waals surface area contributed by atoms with Crippen molar-refractivity contribution in [1.82, 2.24) is 4.31 Å². The molecule has 1 rings (SSSR count). The Kier molecular flexibility index (Phi) is 5.91. The van der Waals surface area contributed by atoms with E-state index in [9.17, 15) is 12.8 Å². The Balaban J connectivity index is 3.28. The minimum Gasteiger partial charge on any atom is -0.398 e. The molecule has 5 nitrogen and oxygen atoms in total. The van der Waals surface area contributed by atoms with Gasteiger partial charge < -0.3 is 10.8 Å². The molecular formula is C13H21FN2O3S. The van der Waals surface area contributed by atoms with Gasteiger partial charge in [0.05, 0.1) is 12.3 Å². The van der Waals surface area contributed by atoms with E-state index in [2.05, 4.69) is 0 Å². The molecule has 0 heterocycles. The lowest BCUT2D eigenvalue weighted by Gasteiger charge is -2.29. The summed E-state index contributed by atoms with van der Waals surface area (Å²) >= 11 is 0. The van der Waals surface area contributed by atoms with Crippen LogP contribution < -0.4 is 5.73 Å². The van der Waals surface area contributed by atoms with Crippen LogP contribution in [0, 0.1) is 5.82 Å². The van der Waals surface area contributed by atoms with Crippen LogP contribution >= 0.6 is 0 Å². The summed E-state index contributed by atoms with van der Waals surface area (Å²) in [5.74, 6) is -0.585. The SMILES string of the molecule is CCC(CC)N(CCO)S(=O)(=O)c1ccc(F)cc1N. The molecule has 20 heavy (non-hydrogen) atoms. The van der Waals surface area contributed by atoms with Crippen molar-refractivity contribution in [3.05, 3.63) is 24.0 Å². The third kappa shape index (κ3) is 3.47. The van der Waals surface area contributed by atoms with Crippen molar-refractivity contribution in [2.45, 2.75) is 37.6 Å². The number of hydrogen-bond donors (Lipinski definition) is 2. The van der Waals surface area contributed by atoms with Crippen LogP contribution in [-0.4, -0.2) is 37.0 Å². The summed E-state index contributed by atoms with van der Waals surface area (Å²) in [5, 5.41) is 9.10. The molecule has 0 aromatic heterocycles. The summed E-state index contributed by atoms with van der Waals surface area (Å²) in [6, 6.07) is 2.98. The molecule has 114 valence electrons. The van der Waals surface area contributed by atoms with Crippen molar-refractivity contribution in [1.29, 1.82) is 0 Å². The number of benzene rings is 1. The molecule has 0 aliphatic rings. The van der Waals surface area contributed by atoms with Gasteiger partial charge in [0.2, 0.25) is 10.0 Å². The van der Waals surface area contributed by atoms with Crippen LogP contribution in [0.4, 0.5) is 10.1 Å². The second-order valence-electron chi connectivity index (χ2n) is 4.49. The zero-order valence-corrected chi connectivity index (χ0v) is 12.5. The van der Waals surface area contributed by atoms with Crippen molar-refractivity contribution in [3.63, 3.8) is 0 Å². The minimum atomic E-state index is -3.85. The van der Waals surface area contributed by atoms with E-state index in [-0.39, 0.29) is 29.8 Å². The highest BCUT2D eigenvalue weighted by Gasteiger charge is 2.30. The number of rotatable bonds is 7. The predicted octanol–water partition coefficient (Wildman–Crippen LogP) is 1.58. The maximum absolute atomic E-state index is 13.0. The van der Waals surface area contributed by atoms with Gasteiger partial charge in [0.15, 0.2) is 0 Å². The standard InChI is InChI=1S/C13H21FN2O3S/c1-3-11(4-2)16(7-8-17)20(18,19)13-6-5-10(14)9-12(13)15/h5-6,9,11,17H,3-4,7-8,15H2,1-2H3. The molecule has 0 spiro atoms. The second-order valence-corrected chi connectivity index (χ2v) is 6.35. The third-order valence-corrected chi connectivity index (χ3v) is 5.25. The van der Waals surface area contributed by atoms with Crippen LogP contribution in [0.1, 0.15) is 26.7 Å². The summed E-state index contributed by atoms with van der Waals surface area (Å²) in [6.45, 7) is 3.46. The zero-order valence-electron chi connectivity index (χ0n) is 11.7. The maximum Gasteiger partial charge on any atom is 0.245 e. The molecule has 0 aliphatic heterocycles. The summed E-state index contributed by atoms with van der Waals surface area (Å²) in [7, 11) is -3.85. The number of nitrogens with zero attached hydrogens (tertiary/aromatic N) is 1. The maximum atomic E-state index is 13.0. The van der Waals surface area contributed by atoms with E-state index in [1.54, 1.807) is 0 Å². The summed E-state index contributed by atoms with van der Waals surface area (Å²) in [5.41, 5.74) is 5.49. The van der Waals surface area contributed by atoms with Gasteiger partial charge in [-0.2, -0.15) is 4.31 Å². The fourth-order valence-corrected chi connectivity index (χ4v) is 4.04. The average Bonchev–Trinajstić information content (AvgIpc) is 2.38. The molecule has 3 N–H and O–H groups in total. The first-order valence-electron chi connectivity index (χ1n) is 6.56. The van der Waals surface area contributed by atoms with Crippen LogP contribution in [0.15, 0.2) is 23.1 Å². The van der Waals surface area contributed by atoms with Gasteiger partial charge in [0.25, 0.3) is 0 Å². The highest BCUT2D eigenvalue weighted by Crippen LogP contribution is 2.26. The first kappa shape index (κ1) is 16.9. The number of halogens is 1. The van der Waals surface area contributed by atoms with Crippen LogP contribution in [-0.2, 0) is 10.0 Å². The summed E-state index contributed by atoms with van der Waals surface area (Å²) < 4.78 is 39.5. The monoisotopic (exact) mass is 304 g/mol. The number of nitrogens with two attached hydrogens (primary N) is 1. The van der Waals surface area contributed by atoms with Crippen molar-refractivity contribution < 1.29 is 17.9 Å². The first-order valence-corrected chi connectivity index (χ1v) is 8.00. The van der Waals surface area contributed by atoms with Gasteiger partial charge in [-0.3, -0.25) is 0 Å². The lowest BCUT2D eigenvalue weighted by atomic mass is 10.2. The highest BCUT2D eigenvalue weighted by atomic mass is 32.2. The van der Waals surface area contributed by atoms with Gasteiger partial charge in [-0.05, 0) is 31.0 Å². The Bertz CT molecular complexity index is 545. The molecule has 0 aliphatic carbocycles. The highest BCUT2D eigenvalue weighted by molar-refractivity contribution is 7.89. The summed E-state index contributed by atoms with van der Waals surface area (Å²) in [6.07, 6.45) is 1.24. The van der Waals surface area contributed by atoms with Crippen molar-refractivity contribution in [2.75, 3.05) is 18.9 Å². The molecule has 0 saturated heterocycles. The lowest BCUT2D eigenvalue weighted by molar-refractivity contribution is 0.219. The van der Waals surface area contributed by atoms with E-state index < -0.39 is 15.8 Å². The Hall–Kier alpha value is -1.18. The van der Waals surface area contributed by atoms with E-state index in [0.717, 1.165) is 18.2 Å². The Morgan fingerprint density at radius 2 is 1.95 bits per heavy atom. The molecule has 0 fully saturated rings. The van der Waals surface area contributed by atoms with Gasteiger partial charge in [-0.25, -0.2) is 12.8 Å². The van der Waals surface area contributed by atoms with Gasteiger partial charge in [0, 0.05) is 12.6 Å². The number of sulfonamides is 1. The van der Waals surface area contributed by atoms with E-state index in [1.807, 2.05) is 13.8 Å². The first-order chi connectivity index (χ1) is 9.38. The van der Waals surface area contributed by atoms with E-state index in [1.165, 1.54) is 4.31 Å². The Morgan fingerprint density at radius 3 is 2.40 bits per heavy atom. The normalized spacial score (nSPS) is 12.3. The zero-order chi connectivity index (χ0) is 15.3. The molecule has 0 atom stereocenters. The second kappa shape index (κ2) is 7.01. The fraction of sp³-hybridized carbons (Fsp3) is 0.538. The van der Waals surface area contributed by atoms with E-state index >= 15 is 0 Å². The Morgan fingerprint density at radius 1 is 1.35 bits per heavy atom. The Labute approximate surface area is 119 Å². The molecule has 7 heteroatoms. The largest absolute Gasteiger partial charge is 0.398 e. The fourth-order valence-electron chi connectivity index (χ4n) is 2.17. The number of aliphatic hydroxyl groups is 1. The van der Waals surface area contributed by atoms with Gasteiger partial charge >= 0.3 is 0 Å². The number of aliphatic hydroxyl groups excluding tert-OH is 1. The van der Waals surface area contributed by atoms with Gasteiger partial charge in [-0.15, -0.1) is 0 Å². The predicted molar refractivity (Wildman–Crippen MR) is 76.2 cm³/mol. The molecule has 0 amide bonds. The number of anilines is 1.